The van der Waals surface area contributed by atoms with Crippen molar-refractivity contribution < 1.29 is 23.9 Å². The average Bonchev–Trinajstić information content (AvgIpc) is 3.41. The summed E-state index contributed by atoms with van der Waals surface area (Å²) in [4.78, 5) is 55.1. The van der Waals surface area contributed by atoms with E-state index < -0.39 is 11.2 Å². The van der Waals surface area contributed by atoms with Crippen LogP contribution in [0.4, 0.5) is 10.7 Å². The van der Waals surface area contributed by atoms with Crippen LogP contribution >= 0.6 is 34.7 Å². The molecule has 1 aliphatic heterocycles. The Kier molecular flexibility index (Phi) is 8.63. The number of benzene rings is 2. The van der Waals surface area contributed by atoms with Gasteiger partial charge < -0.3 is 10.1 Å². The number of carbonyl (C=O) groups excluding carboxylic acids is 4. The Bertz CT molecular complexity index is 1450. The fraction of sp³-hybridized carbons (Fsp3) is 0.333. The summed E-state index contributed by atoms with van der Waals surface area (Å²) in [6.07, 6.45) is 2.78. The molecule has 7 nitrogen and oxygen atoms in total. The van der Waals surface area contributed by atoms with Crippen molar-refractivity contribution in [1.82, 2.24) is 0 Å². The van der Waals surface area contributed by atoms with E-state index in [0.717, 1.165) is 40.2 Å². The highest BCUT2D eigenvalue weighted by Crippen LogP contribution is 2.45. The summed E-state index contributed by atoms with van der Waals surface area (Å²) < 4.78 is 5.33. The number of ether oxygens (including phenoxy) is 1. The first kappa shape index (κ1) is 28.4. The van der Waals surface area contributed by atoms with Gasteiger partial charge in [0.15, 0.2) is 0 Å². The standard InChI is InChI=1S/C30H29ClN2O5S2/c1-3-38-30(37)27-22-13-4-17(2)14-23(22)40-29(27)33-26(35)16-24(28(33)36)39-21-11-9-20(10-12-21)32-25(34)15-18-5-7-19(31)8-6-18/h5-12,17,24H,3-4,13-16H2,1-2H3,(H,32,34). The van der Waals surface area contributed by atoms with E-state index in [4.69, 9.17) is 16.3 Å². The van der Waals surface area contributed by atoms with E-state index >= 15 is 0 Å². The van der Waals surface area contributed by atoms with Crippen LogP contribution in [-0.4, -0.2) is 35.5 Å². The van der Waals surface area contributed by atoms with E-state index in [9.17, 15) is 19.2 Å². The first-order valence-electron chi connectivity index (χ1n) is 13.2. The van der Waals surface area contributed by atoms with Crippen LogP contribution in [0.15, 0.2) is 53.4 Å². The Balaban J connectivity index is 1.27. The summed E-state index contributed by atoms with van der Waals surface area (Å²) in [7, 11) is 0. The van der Waals surface area contributed by atoms with E-state index in [1.807, 2.05) is 24.3 Å². The number of amides is 3. The number of imide groups is 1. The molecule has 10 heteroatoms. The van der Waals surface area contributed by atoms with E-state index in [1.54, 1.807) is 31.2 Å². The molecular formula is C30H29ClN2O5S2. The Morgan fingerprint density at radius 3 is 2.52 bits per heavy atom. The van der Waals surface area contributed by atoms with Crippen molar-refractivity contribution in [3.63, 3.8) is 0 Å². The van der Waals surface area contributed by atoms with Gasteiger partial charge in [-0.25, -0.2) is 9.69 Å². The monoisotopic (exact) mass is 596 g/mol. The fourth-order valence-electron chi connectivity index (χ4n) is 4.99. The minimum atomic E-state index is -0.606. The molecule has 2 aromatic carbocycles. The maximum atomic E-state index is 13.5. The highest BCUT2D eigenvalue weighted by molar-refractivity contribution is 8.00. The summed E-state index contributed by atoms with van der Waals surface area (Å²) >= 11 is 8.58. The predicted octanol–water partition coefficient (Wildman–Crippen LogP) is 6.31. The van der Waals surface area contributed by atoms with Gasteiger partial charge in [0.1, 0.15) is 5.00 Å². The van der Waals surface area contributed by atoms with Crippen LogP contribution in [0.2, 0.25) is 5.02 Å². The molecule has 1 aromatic heterocycles. The van der Waals surface area contributed by atoms with E-state index in [1.165, 1.54) is 28.0 Å². The molecular weight excluding hydrogens is 568 g/mol. The molecule has 1 N–H and O–H groups in total. The molecule has 2 unspecified atom stereocenters. The van der Waals surface area contributed by atoms with Crippen molar-refractivity contribution in [3.8, 4) is 0 Å². The first-order chi connectivity index (χ1) is 19.2. The normalized spacial score (nSPS) is 18.5. The molecule has 5 rings (SSSR count). The molecule has 208 valence electrons. The van der Waals surface area contributed by atoms with Gasteiger partial charge in [-0.15, -0.1) is 23.1 Å². The number of hydrogen-bond acceptors (Lipinski definition) is 7. The molecule has 2 heterocycles. The lowest BCUT2D eigenvalue weighted by molar-refractivity contribution is -0.121. The van der Waals surface area contributed by atoms with Crippen molar-refractivity contribution in [3.05, 3.63) is 75.1 Å². The van der Waals surface area contributed by atoms with Gasteiger partial charge in [-0.3, -0.25) is 14.4 Å². The summed E-state index contributed by atoms with van der Waals surface area (Å²) in [6, 6.07) is 14.3. The third-order valence-corrected chi connectivity index (χ3v) is 9.66. The van der Waals surface area contributed by atoms with Crippen molar-refractivity contribution in [1.29, 1.82) is 0 Å². The third-order valence-electron chi connectivity index (χ3n) is 6.98. The number of esters is 1. The zero-order chi connectivity index (χ0) is 28.4. The van der Waals surface area contributed by atoms with Gasteiger partial charge in [0, 0.05) is 26.9 Å². The highest BCUT2D eigenvalue weighted by atomic mass is 35.5. The van der Waals surface area contributed by atoms with E-state index in [0.29, 0.717) is 27.2 Å². The number of hydrogen-bond donors (Lipinski definition) is 1. The van der Waals surface area contributed by atoms with Gasteiger partial charge in [-0.1, -0.05) is 30.7 Å². The Morgan fingerprint density at radius 2 is 1.82 bits per heavy atom. The lowest BCUT2D eigenvalue weighted by Crippen LogP contribution is -2.32. The lowest BCUT2D eigenvalue weighted by atomic mass is 9.88. The number of rotatable bonds is 8. The second-order valence-electron chi connectivity index (χ2n) is 10.0. The molecule has 0 spiro atoms. The fourth-order valence-corrected chi connectivity index (χ4v) is 7.69. The Labute approximate surface area is 246 Å². The molecule has 3 amide bonds. The minimum absolute atomic E-state index is 0.0459. The van der Waals surface area contributed by atoms with Crippen LogP contribution in [0.1, 0.15) is 53.1 Å². The zero-order valence-electron chi connectivity index (χ0n) is 22.2. The van der Waals surface area contributed by atoms with Crippen LogP contribution in [0, 0.1) is 5.92 Å². The molecule has 0 saturated carbocycles. The first-order valence-corrected chi connectivity index (χ1v) is 15.3. The number of nitrogens with one attached hydrogen (secondary N) is 1. The summed E-state index contributed by atoms with van der Waals surface area (Å²) in [6.45, 7) is 4.13. The summed E-state index contributed by atoms with van der Waals surface area (Å²) in [5.74, 6) is -0.791. The quantitative estimate of drug-likeness (QED) is 0.242. The molecule has 1 aliphatic carbocycles. The number of carbonyl (C=O) groups is 4. The maximum absolute atomic E-state index is 13.5. The Hall–Kier alpha value is -3.14. The van der Waals surface area contributed by atoms with Crippen LogP contribution < -0.4 is 10.2 Å². The number of nitrogens with zero attached hydrogens (tertiary/aromatic N) is 1. The smallest absolute Gasteiger partial charge is 0.341 e. The lowest BCUT2D eigenvalue weighted by Gasteiger charge is -2.18. The largest absolute Gasteiger partial charge is 0.462 e. The number of anilines is 2. The second kappa shape index (κ2) is 12.2. The number of thioether (sulfide) groups is 1. The van der Waals surface area contributed by atoms with Gasteiger partial charge in [0.2, 0.25) is 17.7 Å². The van der Waals surface area contributed by atoms with Crippen molar-refractivity contribution in [2.24, 2.45) is 5.92 Å². The van der Waals surface area contributed by atoms with Gasteiger partial charge in [0.25, 0.3) is 0 Å². The topological polar surface area (TPSA) is 92.8 Å². The van der Waals surface area contributed by atoms with Crippen molar-refractivity contribution >= 4 is 69.1 Å². The Morgan fingerprint density at radius 1 is 1.10 bits per heavy atom. The minimum Gasteiger partial charge on any atom is -0.462 e. The summed E-state index contributed by atoms with van der Waals surface area (Å²) in [5.41, 5.74) is 2.79. The van der Waals surface area contributed by atoms with Crippen molar-refractivity contribution in [2.45, 2.75) is 56.1 Å². The van der Waals surface area contributed by atoms with E-state index in [-0.39, 0.29) is 37.2 Å². The second-order valence-corrected chi connectivity index (χ2v) is 12.8. The summed E-state index contributed by atoms with van der Waals surface area (Å²) in [5, 5.41) is 3.28. The predicted molar refractivity (Wildman–Crippen MR) is 158 cm³/mol. The van der Waals surface area contributed by atoms with E-state index in [2.05, 4.69) is 12.2 Å². The number of halogens is 1. The van der Waals surface area contributed by atoms with Crippen LogP contribution in [0.3, 0.4) is 0 Å². The number of thiophene rings is 1. The molecule has 3 aromatic rings. The molecule has 0 radical (unpaired) electrons. The average molecular weight is 597 g/mol. The zero-order valence-corrected chi connectivity index (χ0v) is 24.6. The van der Waals surface area contributed by atoms with Gasteiger partial charge in [0.05, 0.1) is 23.8 Å². The molecule has 0 bridgehead atoms. The van der Waals surface area contributed by atoms with Crippen LogP contribution in [0.25, 0.3) is 0 Å². The SMILES string of the molecule is CCOC(=O)c1c(N2C(=O)CC(Sc3ccc(NC(=O)Cc4ccc(Cl)cc4)cc3)C2=O)sc2c1CCC(C)C2. The van der Waals surface area contributed by atoms with Crippen LogP contribution in [0.5, 0.6) is 0 Å². The number of fused-ring (bicyclic) bond motifs is 1. The molecule has 1 saturated heterocycles. The molecule has 40 heavy (non-hydrogen) atoms. The third kappa shape index (κ3) is 6.11. The van der Waals surface area contributed by atoms with Gasteiger partial charge in [-0.2, -0.15) is 0 Å². The molecule has 2 atom stereocenters. The van der Waals surface area contributed by atoms with Gasteiger partial charge >= 0.3 is 5.97 Å². The molecule has 1 fully saturated rings. The van der Waals surface area contributed by atoms with Gasteiger partial charge in [-0.05, 0) is 79.6 Å². The maximum Gasteiger partial charge on any atom is 0.341 e. The highest BCUT2D eigenvalue weighted by Gasteiger charge is 2.44. The molecule has 2 aliphatic rings. The van der Waals surface area contributed by atoms with Crippen molar-refractivity contribution in [2.75, 3.05) is 16.8 Å². The van der Waals surface area contributed by atoms with Crippen LogP contribution in [-0.2, 0) is 38.4 Å².